The lowest BCUT2D eigenvalue weighted by molar-refractivity contribution is 0.276. The lowest BCUT2D eigenvalue weighted by Gasteiger charge is -2.36. The normalized spacial score (nSPS) is 12.5. The third-order valence-electron chi connectivity index (χ3n) is 5.85. The average molecular weight is 394 g/mol. The molecule has 28 heavy (non-hydrogen) atoms. The van der Waals surface area contributed by atoms with Crippen molar-refractivity contribution in [3.05, 3.63) is 65.4 Å². The molecule has 0 bridgehead atoms. The zero-order valence-electron chi connectivity index (χ0n) is 17.5. The van der Waals surface area contributed by atoms with E-state index >= 15 is 0 Å². The standard InChI is InChI=1S/C23H31N3OSi/c1-23(2,3)28(4,5)27-15-17-12-10-16(11-13-17)14-20-22(25)21(24)18-8-6-7-9-19(18)26-20/h6-13H,14-15,25H2,1-5H3,(H2,24,26). The van der Waals surface area contributed by atoms with E-state index in [0.29, 0.717) is 24.4 Å². The summed E-state index contributed by atoms with van der Waals surface area (Å²) in [5.41, 5.74) is 17.7. The molecule has 0 atom stereocenters. The van der Waals surface area contributed by atoms with E-state index in [1.54, 1.807) is 0 Å². The molecule has 5 heteroatoms. The Bertz CT molecular complexity index is 976. The highest BCUT2D eigenvalue weighted by atomic mass is 28.4. The first-order valence-electron chi connectivity index (χ1n) is 9.73. The summed E-state index contributed by atoms with van der Waals surface area (Å²) >= 11 is 0. The number of aromatic nitrogens is 1. The Hall–Kier alpha value is -2.37. The lowest BCUT2D eigenvalue weighted by Crippen LogP contribution is -2.40. The van der Waals surface area contributed by atoms with E-state index in [9.17, 15) is 0 Å². The van der Waals surface area contributed by atoms with Crippen molar-refractivity contribution in [2.45, 2.75) is 51.9 Å². The molecule has 0 amide bonds. The van der Waals surface area contributed by atoms with Gasteiger partial charge >= 0.3 is 0 Å². The Labute approximate surface area is 169 Å². The summed E-state index contributed by atoms with van der Waals surface area (Å²) in [6, 6.07) is 16.3. The molecule has 0 saturated heterocycles. The molecule has 4 N–H and O–H groups in total. The SMILES string of the molecule is CC(C)(C)[Si](C)(C)OCc1ccc(Cc2nc3ccccc3c(N)c2N)cc1. The molecule has 0 aliphatic rings. The van der Waals surface area contributed by atoms with Gasteiger partial charge in [-0.3, -0.25) is 4.98 Å². The average Bonchev–Trinajstić information content (AvgIpc) is 2.64. The van der Waals surface area contributed by atoms with Gasteiger partial charge in [0.2, 0.25) is 0 Å². The van der Waals surface area contributed by atoms with E-state index < -0.39 is 8.32 Å². The van der Waals surface area contributed by atoms with Crippen LogP contribution in [-0.2, 0) is 17.5 Å². The molecule has 0 aliphatic carbocycles. The molecule has 2 aromatic carbocycles. The molecule has 0 spiro atoms. The van der Waals surface area contributed by atoms with Crippen LogP contribution in [-0.4, -0.2) is 13.3 Å². The van der Waals surface area contributed by atoms with Gasteiger partial charge in [-0.15, -0.1) is 0 Å². The molecule has 1 heterocycles. The van der Waals surface area contributed by atoms with Crippen molar-refractivity contribution < 1.29 is 4.43 Å². The van der Waals surface area contributed by atoms with Gasteiger partial charge in [0.1, 0.15) is 0 Å². The summed E-state index contributed by atoms with van der Waals surface area (Å²) < 4.78 is 6.31. The van der Waals surface area contributed by atoms with E-state index in [4.69, 9.17) is 20.9 Å². The number of nitrogens with two attached hydrogens (primary N) is 2. The van der Waals surface area contributed by atoms with Gasteiger partial charge in [0.05, 0.1) is 29.2 Å². The quantitative estimate of drug-likeness (QED) is 0.560. The molecule has 4 nitrogen and oxygen atoms in total. The number of pyridine rings is 1. The second-order valence-corrected chi connectivity index (χ2v) is 13.8. The highest BCUT2D eigenvalue weighted by Crippen LogP contribution is 2.37. The summed E-state index contributed by atoms with van der Waals surface area (Å²) in [5, 5.41) is 1.12. The predicted molar refractivity (Wildman–Crippen MR) is 122 cm³/mol. The molecule has 3 rings (SSSR count). The number of para-hydroxylation sites is 1. The monoisotopic (exact) mass is 393 g/mol. The Morgan fingerprint density at radius 3 is 2.14 bits per heavy atom. The van der Waals surface area contributed by atoms with Crippen molar-refractivity contribution in [1.29, 1.82) is 0 Å². The number of nitrogens with zero attached hydrogens (tertiary/aromatic N) is 1. The maximum Gasteiger partial charge on any atom is 0.192 e. The second-order valence-electron chi connectivity index (χ2n) is 8.95. The van der Waals surface area contributed by atoms with Gasteiger partial charge in [0.25, 0.3) is 0 Å². The van der Waals surface area contributed by atoms with Crippen LogP contribution in [0.1, 0.15) is 37.6 Å². The smallest absolute Gasteiger partial charge is 0.192 e. The number of hydrogen-bond acceptors (Lipinski definition) is 4. The molecule has 3 aromatic rings. The Kier molecular flexibility index (Phi) is 5.50. The topological polar surface area (TPSA) is 74.2 Å². The summed E-state index contributed by atoms with van der Waals surface area (Å²) in [4.78, 5) is 4.72. The van der Waals surface area contributed by atoms with Crippen LogP contribution in [0.4, 0.5) is 11.4 Å². The number of benzene rings is 2. The molecule has 0 unspecified atom stereocenters. The molecular formula is C23H31N3OSi. The zero-order chi connectivity index (χ0) is 20.5. The van der Waals surface area contributed by atoms with Crippen LogP contribution in [0.5, 0.6) is 0 Å². The fourth-order valence-corrected chi connectivity index (χ4v) is 3.83. The van der Waals surface area contributed by atoms with Gasteiger partial charge in [-0.2, -0.15) is 0 Å². The van der Waals surface area contributed by atoms with Crippen molar-refractivity contribution >= 4 is 30.6 Å². The molecule has 1 aromatic heterocycles. The fraction of sp³-hybridized carbons (Fsp3) is 0.348. The first kappa shape index (κ1) is 20.4. The lowest BCUT2D eigenvalue weighted by atomic mass is 10.0. The zero-order valence-corrected chi connectivity index (χ0v) is 18.5. The maximum atomic E-state index is 6.31. The van der Waals surface area contributed by atoms with Crippen molar-refractivity contribution in [3.63, 3.8) is 0 Å². The van der Waals surface area contributed by atoms with Gasteiger partial charge in [-0.05, 0) is 35.3 Å². The minimum atomic E-state index is -1.74. The van der Waals surface area contributed by atoms with Crippen LogP contribution in [0, 0.1) is 0 Å². The first-order chi connectivity index (χ1) is 13.1. The Morgan fingerprint density at radius 2 is 1.50 bits per heavy atom. The van der Waals surface area contributed by atoms with E-state index in [-0.39, 0.29) is 5.04 Å². The van der Waals surface area contributed by atoms with Crippen molar-refractivity contribution in [2.75, 3.05) is 11.5 Å². The van der Waals surface area contributed by atoms with Crippen molar-refractivity contribution in [3.8, 4) is 0 Å². The van der Waals surface area contributed by atoms with Crippen LogP contribution in [0.2, 0.25) is 18.1 Å². The summed E-state index contributed by atoms with van der Waals surface area (Å²) in [7, 11) is -1.74. The summed E-state index contributed by atoms with van der Waals surface area (Å²) in [5.74, 6) is 0. The number of nitrogen functional groups attached to an aromatic ring is 2. The summed E-state index contributed by atoms with van der Waals surface area (Å²) in [6.45, 7) is 12.0. The number of anilines is 2. The van der Waals surface area contributed by atoms with Crippen LogP contribution >= 0.6 is 0 Å². The number of rotatable bonds is 5. The van der Waals surface area contributed by atoms with Crippen LogP contribution in [0.15, 0.2) is 48.5 Å². The molecule has 0 fully saturated rings. The molecule has 148 valence electrons. The highest BCUT2D eigenvalue weighted by Gasteiger charge is 2.36. The fourth-order valence-electron chi connectivity index (χ4n) is 2.87. The van der Waals surface area contributed by atoms with Gasteiger partial charge in [-0.1, -0.05) is 63.2 Å². The van der Waals surface area contributed by atoms with Gasteiger partial charge in [-0.25, -0.2) is 0 Å². The van der Waals surface area contributed by atoms with Crippen LogP contribution in [0.25, 0.3) is 10.9 Å². The van der Waals surface area contributed by atoms with E-state index in [2.05, 4.69) is 58.1 Å². The third-order valence-corrected chi connectivity index (χ3v) is 10.3. The van der Waals surface area contributed by atoms with Crippen LogP contribution < -0.4 is 11.5 Å². The van der Waals surface area contributed by atoms with Crippen molar-refractivity contribution in [1.82, 2.24) is 4.98 Å². The van der Waals surface area contributed by atoms with Crippen LogP contribution in [0.3, 0.4) is 0 Å². The van der Waals surface area contributed by atoms with E-state index in [0.717, 1.165) is 22.2 Å². The van der Waals surface area contributed by atoms with Crippen molar-refractivity contribution in [2.24, 2.45) is 0 Å². The van der Waals surface area contributed by atoms with Gasteiger partial charge in [0.15, 0.2) is 8.32 Å². The first-order valence-corrected chi connectivity index (χ1v) is 12.6. The minimum absolute atomic E-state index is 0.214. The number of hydrogen-bond donors (Lipinski definition) is 2. The Balaban J connectivity index is 1.75. The van der Waals surface area contributed by atoms with E-state index in [1.165, 1.54) is 5.56 Å². The molecular weight excluding hydrogens is 362 g/mol. The number of fused-ring (bicyclic) bond motifs is 1. The van der Waals surface area contributed by atoms with E-state index in [1.807, 2.05) is 24.3 Å². The molecule has 0 saturated carbocycles. The molecule has 0 aliphatic heterocycles. The maximum absolute atomic E-state index is 6.31. The highest BCUT2D eigenvalue weighted by molar-refractivity contribution is 6.74. The minimum Gasteiger partial charge on any atom is -0.413 e. The predicted octanol–water partition coefficient (Wildman–Crippen LogP) is 5.51. The largest absolute Gasteiger partial charge is 0.413 e. The summed E-state index contributed by atoms with van der Waals surface area (Å²) in [6.07, 6.45) is 0.657. The Morgan fingerprint density at radius 1 is 0.893 bits per heavy atom. The second kappa shape index (κ2) is 7.57. The molecule has 0 radical (unpaired) electrons. The van der Waals surface area contributed by atoms with Gasteiger partial charge < -0.3 is 15.9 Å². The third kappa shape index (κ3) is 4.21. The van der Waals surface area contributed by atoms with Gasteiger partial charge in [0, 0.05) is 11.8 Å².